The van der Waals surface area contributed by atoms with E-state index in [1.807, 2.05) is 19.1 Å². The lowest BCUT2D eigenvalue weighted by Crippen LogP contribution is -2.37. The minimum Gasteiger partial charge on any atom is -0.507 e. The van der Waals surface area contributed by atoms with Crippen molar-refractivity contribution in [1.82, 2.24) is 5.32 Å². The average Bonchev–Trinajstić information content (AvgIpc) is 2.54. The lowest BCUT2D eigenvalue weighted by molar-refractivity contribution is -0.121. The summed E-state index contributed by atoms with van der Waals surface area (Å²) >= 11 is 4.99. The number of benzene rings is 2. The Hall–Kier alpha value is -3.13. The molecule has 0 radical (unpaired) electrons. The summed E-state index contributed by atoms with van der Waals surface area (Å²) in [4.78, 5) is 22.6. The Kier molecular flexibility index (Phi) is 5.91. The molecule has 130 valence electrons. The maximum absolute atomic E-state index is 11.8. The van der Waals surface area contributed by atoms with Gasteiger partial charge in [0.25, 0.3) is 5.91 Å². The van der Waals surface area contributed by atoms with E-state index in [4.69, 9.17) is 22.1 Å². The van der Waals surface area contributed by atoms with Gasteiger partial charge in [0.05, 0.1) is 0 Å². The van der Waals surface area contributed by atoms with Gasteiger partial charge in [-0.15, -0.1) is 0 Å². The van der Waals surface area contributed by atoms with Crippen molar-refractivity contribution in [3.05, 3.63) is 53.6 Å². The minimum absolute atomic E-state index is 0.0000175. The van der Waals surface area contributed by atoms with E-state index < -0.39 is 17.6 Å². The lowest BCUT2D eigenvalue weighted by Gasteiger charge is -2.11. The summed E-state index contributed by atoms with van der Waals surface area (Å²) in [6.07, 6.45) is 0. The second-order valence-electron chi connectivity index (χ2n) is 5.14. The van der Waals surface area contributed by atoms with Gasteiger partial charge in [0.15, 0.2) is 11.7 Å². The first-order chi connectivity index (χ1) is 11.8. The number of carbonyl (C=O) groups excluding carboxylic acids is 1. The first kappa shape index (κ1) is 18.2. The number of aryl methyl sites for hydroxylation is 1. The smallest absolute Gasteiger partial charge is 0.339 e. The molecule has 0 saturated carbocycles. The van der Waals surface area contributed by atoms with E-state index in [-0.39, 0.29) is 17.3 Å². The molecular weight excluding hydrogens is 344 g/mol. The highest BCUT2D eigenvalue weighted by Gasteiger charge is 2.11. The van der Waals surface area contributed by atoms with Crippen LogP contribution in [0.25, 0.3) is 0 Å². The molecule has 0 atom stereocenters. The number of ether oxygens (including phenoxy) is 1. The quantitative estimate of drug-likeness (QED) is 0.606. The van der Waals surface area contributed by atoms with Crippen molar-refractivity contribution < 1.29 is 24.5 Å². The van der Waals surface area contributed by atoms with Crippen molar-refractivity contribution in [3.63, 3.8) is 0 Å². The molecule has 2 rings (SSSR count). The van der Waals surface area contributed by atoms with E-state index in [0.29, 0.717) is 11.4 Å². The molecule has 8 heteroatoms. The molecule has 2 aromatic carbocycles. The zero-order valence-electron chi connectivity index (χ0n) is 13.3. The number of anilines is 1. The first-order valence-corrected chi connectivity index (χ1v) is 7.62. The number of phenols is 1. The summed E-state index contributed by atoms with van der Waals surface area (Å²) in [6.45, 7) is 1.73. The summed E-state index contributed by atoms with van der Waals surface area (Å²) in [5, 5.41) is 23.6. The van der Waals surface area contributed by atoms with Crippen LogP contribution in [0.5, 0.6) is 11.5 Å². The summed E-state index contributed by atoms with van der Waals surface area (Å²) in [6, 6.07) is 11.1. The van der Waals surface area contributed by atoms with Gasteiger partial charge in [-0.1, -0.05) is 17.7 Å². The van der Waals surface area contributed by atoms with Crippen LogP contribution in [-0.2, 0) is 4.79 Å². The molecule has 2 aromatic rings. The molecule has 0 aliphatic carbocycles. The van der Waals surface area contributed by atoms with Crippen molar-refractivity contribution in [2.75, 3.05) is 11.9 Å². The van der Waals surface area contributed by atoms with Gasteiger partial charge in [-0.2, -0.15) is 0 Å². The molecule has 0 aliphatic heterocycles. The van der Waals surface area contributed by atoms with Crippen molar-refractivity contribution in [3.8, 4) is 11.5 Å². The van der Waals surface area contributed by atoms with Crippen LogP contribution in [0.2, 0.25) is 0 Å². The normalized spacial score (nSPS) is 9.96. The molecule has 1 amide bonds. The summed E-state index contributed by atoms with van der Waals surface area (Å²) < 4.78 is 5.33. The molecule has 4 N–H and O–H groups in total. The van der Waals surface area contributed by atoms with Gasteiger partial charge in [-0.25, -0.2) is 4.79 Å². The Balaban J connectivity index is 1.85. The molecule has 0 spiro atoms. The number of carboxylic acids is 1. The third kappa shape index (κ3) is 5.47. The van der Waals surface area contributed by atoms with Crippen LogP contribution in [0.1, 0.15) is 15.9 Å². The number of aromatic carboxylic acids is 1. The fraction of sp³-hybridized carbons (Fsp3) is 0.118. The number of rotatable bonds is 5. The van der Waals surface area contributed by atoms with Gasteiger partial charge in [0.1, 0.15) is 17.1 Å². The van der Waals surface area contributed by atoms with Crippen LogP contribution in [0.3, 0.4) is 0 Å². The van der Waals surface area contributed by atoms with Gasteiger partial charge in [-0.05, 0) is 43.4 Å². The van der Waals surface area contributed by atoms with Crippen molar-refractivity contribution >= 4 is 34.9 Å². The summed E-state index contributed by atoms with van der Waals surface area (Å²) in [7, 11) is 0. The Morgan fingerprint density at radius 1 is 1.16 bits per heavy atom. The van der Waals surface area contributed by atoms with Gasteiger partial charge in [0.2, 0.25) is 0 Å². The number of carbonyl (C=O) groups is 2. The molecular formula is C17H16N2O5S. The van der Waals surface area contributed by atoms with Crippen molar-refractivity contribution in [1.29, 1.82) is 0 Å². The van der Waals surface area contributed by atoms with Gasteiger partial charge in [-0.3, -0.25) is 10.1 Å². The molecule has 25 heavy (non-hydrogen) atoms. The van der Waals surface area contributed by atoms with Crippen molar-refractivity contribution in [2.24, 2.45) is 0 Å². The van der Waals surface area contributed by atoms with Gasteiger partial charge >= 0.3 is 5.97 Å². The molecule has 0 heterocycles. The average molecular weight is 360 g/mol. The predicted octanol–water partition coefficient (Wildman–Crippen LogP) is 2.29. The molecule has 0 bridgehead atoms. The number of hydrogen-bond acceptors (Lipinski definition) is 5. The number of thiocarbonyl (C=S) groups is 1. The Morgan fingerprint density at radius 3 is 2.44 bits per heavy atom. The second-order valence-corrected chi connectivity index (χ2v) is 5.55. The zero-order valence-corrected chi connectivity index (χ0v) is 14.1. The molecule has 0 aromatic heterocycles. The second kappa shape index (κ2) is 8.11. The molecule has 0 saturated heterocycles. The third-order valence-electron chi connectivity index (χ3n) is 3.13. The van der Waals surface area contributed by atoms with E-state index in [9.17, 15) is 14.7 Å². The third-order valence-corrected chi connectivity index (χ3v) is 3.33. The van der Waals surface area contributed by atoms with Crippen LogP contribution < -0.4 is 15.4 Å². The van der Waals surface area contributed by atoms with Gasteiger partial charge < -0.3 is 20.3 Å². The highest BCUT2D eigenvalue weighted by Crippen LogP contribution is 2.21. The van der Waals surface area contributed by atoms with E-state index >= 15 is 0 Å². The standard InChI is InChI=1S/C17H16N2O5S/c1-10-2-5-12(6-3-10)24-9-15(21)19-17(25)18-11-4-7-13(16(22)23)14(20)8-11/h2-8,20H,9H2,1H3,(H,22,23)(H2,18,19,21,25). The molecule has 0 fully saturated rings. The van der Waals surface area contributed by atoms with Crippen molar-refractivity contribution in [2.45, 2.75) is 6.92 Å². The fourth-order valence-electron chi connectivity index (χ4n) is 1.90. The summed E-state index contributed by atoms with van der Waals surface area (Å²) in [5.41, 5.74) is 1.19. The van der Waals surface area contributed by atoms with Crippen LogP contribution in [0.4, 0.5) is 5.69 Å². The van der Waals surface area contributed by atoms with E-state index in [0.717, 1.165) is 5.56 Å². The van der Waals surface area contributed by atoms with Crippen LogP contribution in [-0.4, -0.2) is 33.8 Å². The Bertz CT molecular complexity index is 805. The zero-order chi connectivity index (χ0) is 18.4. The van der Waals surface area contributed by atoms with E-state index in [1.165, 1.54) is 18.2 Å². The van der Waals surface area contributed by atoms with Crippen LogP contribution >= 0.6 is 12.2 Å². The molecule has 0 unspecified atom stereocenters. The lowest BCUT2D eigenvalue weighted by atomic mass is 10.2. The Morgan fingerprint density at radius 2 is 1.84 bits per heavy atom. The maximum Gasteiger partial charge on any atom is 0.339 e. The van der Waals surface area contributed by atoms with Gasteiger partial charge in [0, 0.05) is 11.8 Å². The van der Waals surface area contributed by atoms with E-state index in [1.54, 1.807) is 12.1 Å². The number of hydrogen-bond donors (Lipinski definition) is 4. The summed E-state index contributed by atoms with van der Waals surface area (Å²) in [5.74, 6) is -1.54. The number of aromatic hydroxyl groups is 1. The fourth-order valence-corrected chi connectivity index (χ4v) is 2.13. The maximum atomic E-state index is 11.8. The largest absolute Gasteiger partial charge is 0.507 e. The highest BCUT2D eigenvalue weighted by atomic mass is 32.1. The minimum atomic E-state index is -1.24. The monoisotopic (exact) mass is 360 g/mol. The van der Waals surface area contributed by atoms with Crippen LogP contribution in [0, 0.1) is 6.92 Å². The van der Waals surface area contributed by atoms with Crippen LogP contribution in [0.15, 0.2) is 42.5 Å². The predicted molar refractivity (Wildman–Crippen MR) is 96.1 cm³/mol. The topological polar surface area (TPSA) is 108 Å². The van der Waals surface area contributed by atoms with E-state index in [2.05, 4.69) is 10.6 Å². The SMILES string of the molecule is Cc1ccc(OCC(=O)NC(=S)Nc2ccc(C(=O)O)c(O)c2)cc1. The molecule has 7 nitrogen and oxygen atoms in total. The number of carboxylic acid groups (broad SMARTS) is 1. The molecule has 0 aliphatic rings. The number of amides is 1. The number of nitrogens with one attached hydrogen (secondary N) is 2. The highest BCUT2D eigenvalue weighted by molar-refractivity contribution is 7.80. The first-order valence-electron chi connectivity index (χ1n) is 7.22. The Labute approximate surface area is 149 Å².